The van der Waals surface area contributed by atoms with Crippen molar-refractivity contribution in [1.82, 2.24) is 4.48 Å². The van der Waals surface area contributed by atoms with Crippen molar-refractivity contribution in [2.45, 2.75) is 38.5 Å². The van der Waals surface area contributed by atoms with Crippen LogP contribution in [0.5, 0.6) is 0 Å². The molecule has 2 aliphatic carbocycles. The van der Waals surface area contributed by atoms with E-state index in [0.717, 1.165) is 17.1 Å². The lowest BCUT2D eigenvalue weighted by molar-refractivity contribution is 0.618. The highest BCUT2D eigenvalue weighted by Crippen LogP contribution is 2.53. The molecule has 2 nitrogen and oxygen atoms in total. The minimum atomic E-state index is -0.0709. The third-order valence-electron chi connectivity index (χ3n) is 13.0. The maximum absolute atomic E-state index is 2.45. The number of hydrogen-bond acceptors (Lipinski definition) is 1. The van der Waals surface area contributed by atoms with Crippen LogP contribution in [0.1, 0.15) is 49.9 Å². The highest BCUT2D eigenvalue weighted by molar-refractivity contribution is 5.87. The minimum absolute atomic E-state index is 0.0708. The zero-order valence-corrected chi connectivity index (χ0v) is 33.4. The summed E-state index contributed by atoms with van der Waals surface area (Å²) in [6.45, 7) is 9.42. The fourth-order valence-electron chi connectivity index (χ4n) is 9.75. The Morgan fingerprint density at radius 1 is 0.333 bits per heavy atom. The van der Waals surface area contributed by atoms with Crippen LogP contribution in [0.25, 0.3) is 33.4 Å². The Hall–Kier alpha value is -6.48. The lowest BCUT2D eigenvalue weighted by Crippen LogP contribution is -2.34. The van der Waals surface area contributed by atoms with Crippen LogP contribution in [0.4, 0.5) is 34.1 Å². The third-order valence-corrected chi connectivity index (χ3v) is 13.0. The van der Waals surface area contributed by atoms with Gasteiger partial charge in [-0.3, -0.25) is 0 Å². The van der Waals surface area contributed by atoms with Crippen molar-refractivity contribution in [2.75, 3.05) is 11.9 Å². The molecule has 0 spiro atoms. The minimum Gasteiger partial charge on any atom is -0.310 e. The summed E-state index contributed by atoms with van der Waals surface area (Å²) in [6.07, 6.45) is 0. The summed E-state index contributed by atoms with van der Waals surface area (Å²) in [4.78, 5) is 2.38. The van der Waals surface area contributed by atoms with Crippen LogP contribution in [0.15, 0.2) is 194 Å². The zero-order chi connectivity index (χ0) is 38.9. The molecular weight excluding hydrogens is 689 g/mol. The Balaban J connectivity index is 0.999. The van der Waals surface area contributed by atoms with Gasteiger partial charge in [-0.25, -0.2) is 4.48 Å². The summed E-state index contributed by atoms with van der Waals surface area (Å²) >= 11 is 0. The maximum Gasteiger partial charge on any atom is 0.143 e. The third kappa shape index (κ3) is 5.43. The molecule has 0 radical (unpaired) electrons. The first-order chi connectivity index (χ1) is 27.7. The molecule has 0 fully saturated rings. The normalized spacial score (nSPS) is 15.2. The Morgan fingerprint density at radius 2 is 0.737 bits per heavy atom. The van der Waals surface area contributed by atoms with Crippen LogP contribution in [-0.4, -0.2) is 7.05 Å². The lowest BCUT2D eigenvalue weighted by Gasteiger charge is -2.34. The van der Waals surface area contributed by atoms with E-state index in [1.807, 2.05) is 0 Å². The molecule has 0 bridgehead atoms. The van der Waals surface area contributed by atoms with E-state index >= 15 is 0 Å². The maximum atomic E-state index is 2.45. The number of rotatable bonds is 7. The number of hydrogen-bond donors (Lipinski definition) is 0. The molecule has 2 heteroatoms. The number of para-hydroxylation sites is 2. The van der Waals surface area contributed by atoms with Crippen LogP contribution in [0.3, 0.4) is 0 Å². The van der Waals surface area contributed by atoms with Gasteiger partial charge in [-0.1, -0.05) is 131 Å². The fraction of sp³-hybridized carbons (Fsp3) is 0.127. The summed E-state index contributed by atoms with van der Waals surface area (Å²) in [5, 5.41) is 0. The molecular formula is C55H47N2+. The van der Waals surface area contributed by atoms with Gasteiger partial charge in [0.05, 0.1) is 7.05 Å². The van der Waals surface area contributed by atoms with Gasteiger partial charge >= 0.3 is 0 Å². The van der Waals surface area contributed by atoms with Gasteiger partial charge in [-0.2, -0.15) is 0 Å². The van der Waals surface area contributed by atoms with E-state index in [2.05, 4.69) is 234 Å². The topological polar surface area (TPSA) is 3.24 Å². The van der Waals surface area contributed by atoms with E-state index in [9.17, 15) is 0 Å². The lowest BCUT2D eigenvalue weighted by atomic mass is 9.82. The van der Waals surface area contributed by atoms with E-state index in [0.29, 0.717) is 4.48 Å². The molecule has 8 aromatic carbocycles. The van der Waals surface area contributed by atoms with Crippen molar-refractivity contribution in [3.05, 3.63) is 216 Å². The van der Waals surface area contributed by atoms with Crippen molar-refractivity contribution in [1.29, 1.82) is 0 Å². The molecule has 276 valence electrons. The van der Waals surface area contributed by atoms with Gasteiger partial charge in [0.15, 0.2) is 0 Å². The van der Waals surface area contributed by atoms with Crippen LogP contribution in [-0.2, 0) is 10.8 Å². The molecule has 0 saturated carbocycles. The summed E-state index contributed by atoms with van der Waals surface area (Å²) in [7, 11) is 2.33. The van der Waals surface area contributed by atoms with Gasteiger partial charge in [-0.05, 0) is 122 Å². The van der Waals surface area contributed by atoms with Gasteiger partial charge in [0.1, 0.15) is 17.1 Å². The standard InChI is InChI=1S/C55H47N2/c1-54(2)50-22-14-12-20-46(50)48-34-30-42(36-52(48)54)56(40-16-8-6-9-17-40)41-28-24-38(25-29-41)39-26-31-44(32-27-39)57(5,43-18-10-7-11-19-43)45-33-35-49-47-21-13-15-23-51(47)55(3,4)53(49)37-45/h6-37H,1-5H3/q+1. The van der Waals surface area contributed by atoms with E-state index in [1.54, 1.807) is 0 Å². The van der Waals surface area contributed by atoms with Crippen molar-refractivity contribution in [3.8, 4) is 33.4 Å². The van der Waals surface area contributed by atoms with Crippen molar-refractivity contribution >= 4 is 34.1 Å². The van der Waals surface area contributed by atoms with Crippen LogP contribution in [0, 0.1) is 0 Å². The molecule has 2 aliphatic rings. The molecule has 0 heterocycles. The van der Waals surface area contributed by atoms with Crippen LogP contribution < -0.4 is 9.38 Å². The second-order valence-corrected chi connectivity index (χ2v) is 16.9. The number of anilines is 3. The predicted octanol–water partition coefficient (Wildman–Crippen LogP) is 15.0. The van der Waals surface area contributed by atoms with Gasteiger partial charge in [0.25, 0.3) is 0 Å². The molecule has 0 N–H and O–H groups in total. The number of quaternary nitrogens is 1. The number of fused-ring (bicyclic) bond motifs is 6. The van der Waals surface area contributed by atoms with Crippen molar-refractivity contribution in [2.24, 2.45) is 0 Å². The van der Waals surface area contributed by atoms with Gasteiger partial charge < -0.3 is 4.90 Å². The molecule has 0 aliphatic heterocycles. The summed E-state index contributed by atoms with van der Waals surface area (Å²) in [5.41, 5.74) is 20.3. The molecule has 1 unspecified atom stereocenters. The first-order valence-corrected chi connectivity index (χ1v) is 20.1. The number of nitrogens with zero attached hydrogens (tertiary/aromatic N) is 2. The average molecular weight is 736 g/mol. The predicted molar refractivity (Wildman–Crippen MR) is 242 cm³/mol. The van der Waals surface area contributed by atoms with Gasteiger partial charge in [-0.15, -0.1) is 0 Å². The van der Waals surface area contributed by atoms with E-state index < -0.39 is 0 Å². The highest BCUT2D eigenvalue weighted by atomic mass is 15.3. The molecule has 0 saturated heterocycles. The largest absolute Gasteiger partial charge is 0.310 e. The highest BCUT2D eigenvalue weighted by Gasteiger charge is 2.39. The van der Waals surface area contributed by atoms with Crippen molar-refractivity contribution < 1.29 is 0 Å². The Kier molecular flexibility index (Phi) is 8.01. The SMILES string of the molecule is CC1(C)c2ccccc2-c2ccc(N(c3ccccc3)c3ccc(-c4ccc([N+](C)(c5ccccc5)c5ccc6c(c5)C(C)(C)c5ccccc5-6)cc4)cc3)cc21. The molecule has 0 amide bonds. The fourth-order valence-corrected chi connectivity index (χ4v) is 9.75. The van der Waals surface area contributed by atoms with E-state index in [4.69, 9.17) is 0 Å². The second kappa shape index (κ2) is 13.0. The average Bonchev–Trinajstić information content (AvgIpc) is 3.63. The Labute approximate surface area is 337 Å². The van der Waals surface area contributed by atoms with Crippen molar-refractivity contribution in [3.63, 3.8) is 0 Å². The van der Waals surface area contributed by atoms with Gasteiger partial charge in [0.2, 0.25) is 0 Å². The number of benzene rings is 8. The summed E-state index contributed by atoms with van der Waals surface area (Å²) in [6, 6.07) is 71.7. The molecule has 0 aromatic heterocycles. The van der Waals surface area contributed by atoms with E-state index in [-0.39, 0.29) is 10.8 Å². The zero-order valence-electron chi connectivity index (χ0n) is 33.4. The smallest absolute Gasteiger partial charge is 0.143 e. The van der Waals surface area contributed by atoms with E-state index in [1.165, 1.54) is 72.7 Å². The summed E-state index contributed by atoms with van der Waals surface area (Å²) < 4.78 is 0.564. The second-order valence-electron chi connectivity index (χ2n) is 16.9. The molecule has 8 aromatic rings. The monoisotopic (exact) mass is 735 g/mol. The van der Waals surface area contributed by atoms with Crippen LogP contribution in [0.2, 0.25) is 0 Å². The van der Waals surface area contributed by atoms with Crippen LogP contribution >= 0.6 is 0 Å². The first-order valence-electron chi connectivity index (χ1n) is 20.1. The molecule has 57 heavy (non-hydrogen) atoms. The first kappa shape index (κ1) is 35.0. The Morgan fingerprint density at radius 3 is 1.33 bits per heavy atom. The Bertz CT molecular complexity index is 2780. The summed E-state index contributed by atoms with van der Waals surface area (Å²) in [5.74, 6) is 0. The van der Waals surface area contributed by atoms with Gasteiger partial charge in [0, 0.05) is 52.2 Å². The molecule has 1 atom stereocenters. The quantitative estimate of drug-likeness (QED) is 0.147. The molecule has 10 rings (SSSR count).